The largest absolute Gasteiger partial charge is 0.340 e. The summed E-state index contributed by atoms with van der Waals surface area (Å²) in [6.07, 6.45) is 3.67. The number of carbonyl (C=O) groups is 1. The highest BCUT2D eigenvalue weighted by molar-refractivity contribution is 6.06. The predicted octanol–water partition coefficient (Wildman–Crippen LogP) is 3.05. The second-order valence-electron chi connectivity index (χ2n) is 5.86. The van der Waals surface area contributed by atoms with Gasteiger partial charge in [0.2, 0.25) is 0 Å². The van der Waals surface area contributed by atoms with Gasteiger partial charge in [-0.15, -0.1) is 0 Å². The molecule has 3 nitrogen and oxygen atoms in total. The molecule has 1 aliphatic heterocycles. The lowest BCUT2D eigenvalue weighted by molar-refractivity contribution is 0.0777. The Morgan fingerprint density at radius 1 is 1.19 bits per heavy atom. The van der Waals surface area contributed by atoms with Crippen LogP contribution in [-0.2, 0) is 0 Å². The maximum Gasteiger partial charge on any atom is 0.254 e. The molecule has 0 aliphatic carbocycles. The van der Waals surface area contributed by atoms with Crippen LogP contribution in [0.15, 0.2) is 42.5 Å². The quantitative estimate of drug-likeness (QED) is 0.938. The molecule has 1 saturated heterocycles. The van der Waals surface area contributed by atoms with Crippen LogP contribution < -0.4 is 5.32 Å². The Labute approximate surface area is 125 Å². The Balaban J connectivity index is 1.79. The molecule has 1 fully saturated rings. The maximum atomic E-state index is 12.7. The number of amides is 1. The fourth-order valence-corrected chi connectivity index (χ4v) is 3.11. The van der Waals surface area contributed by atoms with Gasteiger partial charge in [0.15, 0.2) is 0 Å². The predicted molar refractivity (Wildman–Crippen MR) is 86.6 cm³/mol. The van der Waals surface area contributed by atoms with E-state index in [9.17, 15) is 4.79 Å². The first-order valence-electron chi connectivity index (χ1n) is 7.72. The Morgan fingerprint density at radius 3 is 2.81 bits per heavy atom. The molecule has 1 amide bonds. The summed E-state index contributed by atoms with van der Waals surface area (Å²) in [7, 11) is 1.90. The summed E-state index contributed by atoms with van der Waals surface area (Å²) in [5.74, 6) is 0.110. The molecule has 0 spiro atoms. The maximum absolute atomic E-state index is 12.7. The van der Waals surface area contributed by atoms with E-state index < -0.39 is 0 Å². The van der Waals surface area contributed by atoms with Gasteiger partial charge >= 0.3 is 0 Å². The van der Waals surface area contributed by atoms with E-state index in [-0.39, 0.29) is 5.91 Å². The monoisotopic (exact) mass is 282 g/mol. The summed E-state index contributed by atoms with van der Waals surface area (Å²) in [6, 6.07) is 14.4. The van der Waals surface area contributed by atoms with Crippen molar-refractivity contribution >= 4 is 16.7 Å². The van der Waals surface area contributed by atoms with Crippen LogP contribution >= 0.6 is 0 Å². The number of carbonyl (C=O) groups excluding carboxylic acids is 1. The normalized spacial score (nSPS) is 18.6. The SMILES string of the molecule is CN(CC1CCCCN1)C(=O)c1cccc2ccccc12. The number of hydrogen-bond acceptors (Lipinski definition) is 2. The number of fused-ring (bicyclic) bond motifs is 1. The molecular weight excluding hydrogens is 260 g/mol. The molecule has 2 aromatic rings. The van der Waals surface area contributed by atoms with Gasteiger partial charge in [-0.05, 0) is 36.2 Å². The van der Waals surface area contributed by atoms with E-state index in [0.717, 1.165) is 35.8 Å². The van der Waals surface area contributed by atoms with Gasteiger partial charge in [-0.1, -0.05) is 42.8 Å². The molecule has 110 valence electrons. The van der Waals surface area contributed by atoms with Gasteiger partial charge in [0.25, 0.3) is 5.91 Å². The highest BCUT2D eigenvalue weighted by Gasteiger charge is 2.19. The highest BCUT2D eigenvalue weighted by Crippen LogP contribution is 2.20. The lowest BCUT2D eigenvalue weighted by Gasteiger charge is -2.28. The van der Waals surface area contributed by atoms with Crippen molar-refractivity contribution in [1.29, 1.82) is 0 Å². The molecule has 0 radical (unpaired) electrons. The molecule has 0 aromatic heterocycles. The van der Waals surface area contributed by atoms with Crippen molar-refractivity contribution < 1.29 is 4.79 Å². The van der Waals surface area contributed by atoms with E-state index in [0.29, 0.717) is 6.04 Å². The molecule has 21 heavy (non-hydrogen) atoms. The Kier molecular flexibility index (Phi) is 4.20. The van der Waals surface area contributed by atoms with Crippen LogP contribution in [0.4, 0.5) is 0 Å². The summed E-state index contributed by atoms with van der Waals surface area (Å²) < 4.78 is 0. The van der Waals surface area contributed by atoms with Gasteiger partial charge in [0.05, 0.1) is 0 Å². The van der Waals surface area contributed by atoms with Crippen molar-refractivity contribution in [2.45, 2.75) is 25.3 Å². The molecule has 1 aliphatic rings. The molecule has 3 heteroatoms. The molecule has 3 rings (SSSR count). The second kappa shape index (κ2) is 6.27. The minimum atomic E-state index is 0.110. The van der Waals surface area contributed by atoms with Crippen molar-refractivity contribution in [2.75, 3.05) is 20.1 Å². The number of nitrogens with zero attached hydrogens (tertiary/aromatic N) is 1. The zero-order chi connectivity index (χ0) is 14.7. The zero-order valence-corrected chi connectivity index (χ0v) is 12.5. The Hall–Kier alpha value is -1.87. The van der Waals surface area contributed by atoms with Gasteiger partial charge in [-0.2, -0.15) is 0 Å². The van der Waals surface area contributed by atoms with Gasteiger partial charge in [-0.25, -0.2) is 0 Å². The van der Waals surface area contributed by atoms with Crippen LogP contribution in [0, 0.1) is 0 Å². The summed E-state index contributed by atoms with van der Waals surface area (Å²) >= 11 is 0. The summed E-state index contributed by atoms with van der Waals surface area (Å²) in [4.78, 5) is 14.6. The molecule has 1 N–H and O–H groups in total. The third kappa shape index (κ3) is 3.08. The molecule has 1 atom stereocenters. The molecule has 0 saturated carbocycles. The van der Waals surface area contributed by atoms with E-state index in [1.807, 2.05) is 42.3 Å². The first kappa shape index (κ1) is 14.1. The fourth-order valence-electron chi connectivity index (χ4n) is 3.11. The molecule has 1 heterocycles. The first-order valence-corrected chi connectivity index (χ1v) is 7.72. The number of piperidine rings is 1. The number of rotatable bonds is 3. The van der Waals surface area contributed by atoms with E-state index in [1.165, 1.54) is 12.8 Å². The molecule has 2 aromatic carbocycles. The number of likely N-dealkylation sites (N-methyl/N-ethyl adjacent to an activating group) is 1. The van der Waals surface area contributed by atoms with Crippen molar-refractivity contribution in [3.8, 4) is 0 Å². The van der Waals surface area contributed by atoms with Crippen molar-refractivity contribution in [3.63, 3.8) is 0 Å². The van der Waals surface area contributed by atoms with Gasteiger partial charge < -0.3 is 10.2 Å². The first-order chi connectivity index (χ1) is 10.3. The van der Waals surface area contributed by atoms with Crippen molar-refractivity contribution in [3.05, 3.63) is 48.0 Å². The van der Waals surface area contributed by atoms with Gasteiger partial charge in [0, 0.05) is 25.2 Å². The third-order valence-electron chi connectivity index (χ3n) is 4.27. The van der Waals surface area contributed by atoms with E-state index >= 15 is 0 Å². The lowest BCUT2D eigenvalue weighted by atomic mass is 10.0. The molecule has 0 bridgehead atoms. The van der Waals surface area contributed by atoms with Crippen LogP contribution in [0.5, 0.6) is 0 Å². The molecule has 1 unspecified atom stereocenters. The number of benzene rings is 2. The summed E-state index contributed by atoms with van der Waals surface area (Å²) in [5.41, 5.74) is 0.798. The second-order valence-corrected chi connectivity index (χ2v) is 5.86. The minimum Gasteiger partial charge on any atom is -0.340 e. The van der Waals surface area contributed by atoms with Crippen LogP contribution in [0.3, 0.4) is 0 Å². The third-order valence-corrected chi connectivity index (χ3v) is 4.27. The Bertz CT molecular complexity index is 627. The van der Waals surface area contributed by atoms with Gasteiger partial charge in [0.1, 0.15) is 0 Å². The van der Waals surface area contributed by atoms with E-state index in [1.54, 1.807) is 0 Å². The van der Waals surface area contributed by atoms with Crippen molar-refractivity contribution in [1.82, 2.24) is 10.2 Å². The van der Waals surface area contributed by atoms with E-state index in [2.05, 4.69) is 17.4 Å². The average molecular weight is 282 g/mol. The smallest absolute Gasteiger partial charge is 0.254 e. The van der Waals surface area contributed by atoms with Crippen LogP contribution in [0.2, 0.25) is 0 Å². The summed E-state index contributed by atoms with van der Waals surface area (Å²) in [5, 5.41) is 5.65. The van der Waals surface area contributed by atoms with E-state index in [4.69, 9.17) is 0 Å². The molecular formula is C18H22N2O. The Morgan fingerprint density at radius 2 is 2.00 bits per heavy atom. The number of nitrogens with one attached hydrogen (secondary N) is 1. The highest BCUT2D eigenvalue weighted by atomic mass is 16.2. The lowest BCUT2D eigenvalue weighted by Crippen LogP contribution is -2.44. The average Bonchev–Trinajstić information content (AvgIpc) is 2.54. The van der Waals surface area contributed by atoms with Crippen LogP contribution in [-0.4, -0.2) is 37.0 Å². The van der Waals surface area contributed by atoms with Gasteiger partial charge in [-0.3, -0.25) is 4.79 Å². The summed E-state index contributed by atoms with van der Waals surface area (Å²) in [6.45, 7) is 1.85. The van der Waals surface area contributed by atoms with Crippen molar-refractivity contribution in [2.24, 2.45) is 0 Å². The van der Waals surface area contributed by atoms with Crippen LogP contribution in [0.25, 0.3) is 10.8 Å². The zero-order valence-electron chi connectivity index (χ0n) is 12.5. The fraction of sp³-hybridized carbons (Fsp3) is 0.389. The minimum absolute atomic E-state index is 0.110. The van der Waals surface area contributed by atoms with Crippen LogP contribution in [0.1, 0.15) is 29.6 Å². The standard InChI is InChI=1S/C18H22N2O/c1-20(13-15-9-4-5-12-19-15)18(21)17-11-6-8-14-7-2-3-10-16(14)17/h2-3,6-8,10-11,15,19H,4-5,9,12-13H2,1H3. The topological polar surface area (TPSA) is 32.3 Å². The number of hydrogen-bond donors (Lipinski definition) is 1.